The number of carbonyl (C=O) groups excluding carboxylic acids is 2. The van der Waals surface area contributed by atoms with Crippen LogP contribution >= 0.6 is 0 Å². The fraction of sp³-hybridized carbons (Fsp3) is 0.450. The second kappa shape index (κ2) is 10.4. The molecule has 0 aliphatic heterocycles. The maximum absolute atomic E-state index is 12.6. The van der Waals surface area contributed by atoms with Crippen molar-refractivity contribution in [2.75, 3.05) is 0 Å². The fourth-order valence-electron chi connectivity index (χ4n) is 2.54. The van der Waals surface area contributed by atoms with Crippen molar-refractivity contribution < 1.29 is 24.6 Å². The van der Waals surface area contributed by atoms with Crippen molar-refractivity contribution in [3.8, 4) is 5.75 Å². The third-order valence-corrected chi connectivity index (χ3v) is 3.81. The summed E-state index contributed by atoms with van der Waals surface area (Å²) in [5.74, 6) is -1.79. The van der Waals surface area contributed by atoms with Crippen molar-refractivity contribution in [2.24, 2.45) is 5.92 Å². The lowest BCUT2D eigenvalue weighted by atomic mass is 9.95. The number of carbonyl (C=O) groups is 3. The van der Waals surface area contributed by atoms with Gasteiger partial charge >= 0.3 is 5.97 Å². The Labute approximate surface area is 153 Å². The molecule has 3 N–H and O–H groups in total. The van der Waals surface area contributed by atoms with Gasteiger partial charge < -0.3 is 15.5 Å². The van der Waals surface area contributed by atoms with Crippen LogP contribution in [0.25, 0.3) is 0 Å². The van der Waals surface area contributed by atoms with Crippen molar-refractivity contribution in [1.29, 1.82) is 0 Å². The van der Waals surface area contributed by atoms with E-state index in [-0.39, 0.29) is 41.8 Å². The molecule has 1 amide bonds. The minimum atomic E-state index is -1.26. The molecule has 0 saturated heterocycles. The van der Waals surface area contributed by atoms with E-state index >= 15 is 0 Å². The van der Waals surface area contributed by atoms with E-state index in [0.717, 1.165) is 6.42 Å². The highest BCUT2D eigenvalue weighted by molar-refractivity contribution is 5.93. The predicted octanol–water partition coefficient (Wildman–Crippen LogP) is 3.09. The van der Waals surface area contributed by atoms with E-state index in [4.69, 9.17) is 5.11 Å². The smallest absolute Gasteiger partial charge is 0.339 e. The molecule has 1 atom stereocenters. The van der Waals surface area contributed by atoms with Crippen molar-refractivity contribution >= 4 is 17.7 Å². The summed E-state index contributed by atoms with van der Waals surface area (Å²) in [5, 5.41) is 21.4. The Hall–Kier alpha value is -2.63. The van der Waals surface area contributed by atoms with Crippen LogP contribution in [0.15, 0.2) is 30.4 Å². The van der Waals surface area contributed by atoms with Gasteiger partial charge in [-0.3, -0.25) is 9.59 Å². The highest BCUT2D eigenvalue weighted by Crippen LogP contribution is 2.19. The molecule has 26 heavy (non-hydrogen) atoms. The number of nitrogens with one attached hydrogen (secondary N) is 1. The van der Waals surface area contributed by atoms with Gasteiger partial charge in [0.05, 0.1) is 6.04 Å². The zero-order valence-electron chi connectivity index (χ0n) is 15.5. The zero-order valence-corrected chi connectivity index (χ0v) is 15.5. The first-order valence-electron chi connectivity index (χ1n) is 8.76. The van der Waals surface area contributed by atoms with Gasteiger partial charge in [-0.2, -0.15) is 0 Å². The first-order chi connectivity index (χ1) is 12.2. The van der Waals surface area contributed by atoms with Crippen LogP contribution in [0.4, 0.5) is 0 Å². The Kier molecular flexibility index (Phi) is 8.55. The van der Waals surface area contributed by atoms with Crippen molar-refractivity contribution in [2.45, 2.75) is 52.5 Å². The Bertz CT molecular complexity index is 679. The number of hydrogen-bond donors (Lipinski definition) is 3. The molecule has 6 nitrogen and oxygen atoms in total. The number of ketones is 1. The largest absolute Gasteiger partial charge is 0.507 e. The Morgan fingerprint density at radius 2 is 1.88 bits per heavy atom. The van der Waals surface area contributed by atoms with Gasteiger partial charge in [-0.15, -0.1) is 0 Å². The van der Waals surface area contributed by atoms with Gasteiger partial charge in [0.1, 0.15) is 11.3 Å². The summed E-state index contributed by atoms with van der Waals surface area (Å²) < 4.78 is 0. The molecular formula is C20H27NO5. The van der Waals surface area contributed by atoms with E-state index < -0.39 is 12.0 Å². The topological polar surface area (TPSA) is 104 Å². The number of rotatable bonds is 10. The highest BCUT2D eigenvalue weighted by atomic mass is 16.4. The summed E-state index contributed by atoms with van der Waals surface area (Å²) in [5.41, 5.74) is 0.239. The van der Waals surface area contributed by atoms with Crippen LogP contribution in [0, 0.1) is 5.92 Å². The van der Waals surface area contributed by atoms with E-state index in [1.807, 2.05) is 26.8 Å². The molecule has 0 aliphatic carbocycles. The molecule has 1 rings (SSSR count). The van der Waals surface area contributed by atoms with E-state index in [1.54, 1.807) is 6.08 Å². The molecule has 1 aromatic carbocycles. The van der Waals surface area contributed by atoms with Crippen LogP contribution < -0.4 is 5.32 Å². The molecule has 0 fully saturated rings. The van der Waals surface area contributed by atoms with Gasteiger partial charge in [-0.25, -0.2) is 4.79 Å². The van der Waals surface area contributed by atoms with Gasteiger partial charge in [0.2, 0.25) is 5.91 Å². The number of carboxylic acids is 1. The SMILES string of the molecule is CC/C=C\CC(=O)NC(CC(C)C)C(=O)Cc1ccc(O)c(C(=O)O)c1. The van der Waals surface area contributed by atoms with E-state index in [1.165, 1.54) is 18.2 Å². The number of hydrogen-bond acceptors (Lipinski definition) is 4. The van der Waals surface area contributed by atoms with Gasteiger partial charge in [0.25, 0.3) is 0 Å². The standard InChI is InChI=1S/C20H27NO5/c1-4-5-6-7-19(24)21-16(10-13(2)3)18(23)12-14-8-9-17(22)15(11-14)20(25)26/h5-6,8-9,11,13,16,22H,4,7,10,12H2,1-3H3,(H,21,24)(H,25,26)/b6-5-. The van der Waals surface area contributed by atoms with Crippen LogP contribution in [-0.2, 0) is 16.0 Å². The molecule has 0 aliphatic rings. The lowest BCUT2D eigenvalue weighted by Crippen LogP contribution is -2.42. The molecule has 142 valence electrons. The number of benzene rings is 1. The first-order valence-corrected chi connectivity index (χ1v) is 8.76. The van der Waals surface area contributed by atoms with E-state index in [0.29, 0.717) is 12.0 Å². The van der Waals surface area contributed by atoms with Gasteiger partial charge in [-0.1, -0.05) is 39.0 Å². The number of Topliss-reactive ketones (excluding diaryl/α,β-unsaturated/α-hetero) is 1. The van der Waals surface area contributed by atoms with Crippen molar-refractivity contribution in [1.82, 2.24) is 5.32 Å². The Balaban J connectivity index is 2.86. The average molecular weight is 361 g/mol. The highest BCUT2D eigenvalue weighted by Gasteiger charge is 2.22. The monoisotopic (exact) mass is 361 g/mol. The third kappa shape index (κ3) is 7.09. The summed E-state index contributed by atoms with van der Waals surface area (Å²) in [4.78, 5) is 35.8. The molecule has 1 aromatic rings. The Morgan fingerprint density at radius 1 is 1.19 bits per heavy atom. The molecule has 1 unspecified atom stereocenters. The van der Waals surface area contributed by atoms with Crippen LogP contribution in [0.1, 0.15) is 56.0 Å². The second-order valence-corrected chi connectivity index (χ2v) is 6.63. The number of allylic oxidation sites excluding steroid dienone is 1. The molecule has 6 heteroatoms. The normalized spacial score (nSPS) is 12.3. The number of aromatic hydroxyl groups is 1. The number of amides is 1. The molecule has 0 heterocycles. The Morgan fingerprint density at radius 3 is 2.46 bits per heavy atom. The summed E-state index contributed by atoms with van der Waals surface area (Å²) in [7, 11) is 0. The maximum Gasteiger partial charge on any atom is 0.339 e. The first kappa shape index (κ1) is 21.4. The van der Waals surface area contributed by atoms with Crippen LogP contribution in [0.5, 0.6) is 5.75 Å². The van der Waals surface area contributed by atoms with Crippen LogP contribution in [0.2, 0.25) is 0 Å². The average Bonchev–Trinajstić information content (AvgIpc) is 2.55. The summed E-state index contributed by atoms with van der Waals surface area (Å²) in [6, 6.07) is 3.43. The zero-order chi connectivity index (χ0) is 19.7. The van der Waals surface area contributed by atoms with Gasteiger partial charge in [0, 0.05) is 12.8 Å². The maximum atomic E-state index is 12.6. The molecule has 0 bridgehead atoms. The number of aromatic carboxylic acids is 1. The van der Waals surface area contributed by atoms with Crippen molar-refractivity contribution in [3.05, 3.63) is 41.5 Å². The lowest BCUT2D eigenvalue weighted by molar-refractivity contribution is -0.127. The third-order valence-electron chi connectivity index (χ3n) is 3.81. The molecule has 0 spiro atoms. The van der Waals surface area contributed by atoms with Gasteiger partial charge in [0.15, 0.2) is 5.78 Å². The predicted molar refractivity (Wildman–Crippen MR) is 99.2 cm³/mol. The second-order valence-electron chi connectivity index (χ2n) is 6.63. The minimum Gasteiger partial charge on any atom is -0.507 e. The molecular weight excluding hydrogens is 334 g/mol. The summed E-state index contributed by atoms with van der Waals surface area (Å²) >= 11 is 0. The lowest BCUT2D eigenvalue weighted by Gasteiger charge is -2.19. The van der Waals surface area contributed by atoms with Crippen molar-refractivity contribution in [3.63, 3.8) is 0 Å². The van der Waals surface area contributed by atoms with E-state index in [9.17, 15) is 19.5 Å². The fourth-order valence-corrected chi connectivity index (χ4v) is 2.54. The van der Waals surface area contributed by atoms with Gasteiger partial charge in [-0.05, 0) is 36.5 Å². The molecule has 0 aromatic heterocycles. The number of carboxylic acid groups (broad SMARTS) is 1. The van der Waals surface area contributed by atoms with E-state index in [2.05, 4.69) is 5.32 Å². The number of phenols is 1. The molecule has 0 saturated carbocycles. The quantitative estimate of drug-likeness (QED) is 0.556. The van der Waals surface area contributed by atoms with Crippen LogP contribution in [0.3, 0.4) is 0 Å². The minimum absolute atomic E-state index is 0.0109. The summed E-state index contributed by atoms with van der Waals surface area (Å²) in [6.07, 6.45) is 5.22. The molecule has 0 radical (unpaired) electrons. The van der Waals surface area contributed by atoms with Crippen LogP contribution in [-0.4, -0.2) is 33.9 Å². The summed E-state index contributed by atoms with van der Waals surface area (Å²) in [6.45, 7) is 5.90.